The lowest BCUT2D eigenvalue weighted by Crippen LogP contribution is -2.34. The van der Waals surface area contributed by atoms with Crippen molar-refractivity contribution < 1.29 is 27.8 Å². The molecule has 1 heterocycles. The Hall–Kier alpha value is -3.00. The first kappa shape index (κ1) is 18.8. The molecular weight excluding hydrogens is 358 g/mol. The number of amides is 2. The highest BCUT2D eigenvalue weighted by molar-refractivity contribution is 6.04. The van der Waals surface area contributed by atoms with E-state index in [2.05, 4.69) is 5.32 Å². The number of nitrogens with one attached hydrogen (secondary N) is 1. The van der Waals surface area contributed by atoms with Gasteiger partial charge in [-0.05, 0) is 30.3 Å². The molecule has 0 bridgehead atoms. The second-order valence-electron chi connectivity index (χ2n) is 6.00. The van der Waals surface area contributed by atoms with E-state index in [1.807, 2.05) is 0 Å². The van der Waals surface area contributed by atoms with E-state index in [1.54, 1.807) is 24.1 Å². The summed E-state index contributed by atoms with van der Waals surface area (Å²) in [6, 6.07) is 7.47. The second kappa shape index (κ2) is 8.13. The fraction of sp³-hybridized carbons (Fsp3) is 0.263. The van der Waals surface area contributed by atoms with Crippen LogP contribution < -0.4 is 10.1 Å². The summed E-state index contributed by atoms with van der Waals surface area (Å²) in [6.07, 6.45) is 0. The fourth-order valence-electron chi connectivity index (χ4n) is 2.70. The Morgan fingerprint density at radius 2 is 2.07 bits per heavy atom. The molecule has 142 valence electrons. The topological polar surface area (TPSA) is 67.9 Å². The van der Waals surface area contributed by atoms with E-state index in [1.165, 1.54) is 6.07 Å². The Kier molecular flexibility index (Phi) is 5.66. The number of nitrogens with zero attached hydrogens (tertiary/aromatic N) is 1. The Balaban J connectivity index is 1.81. The van der Waals surface area contributed by atoms with Crippen LogP contribution >= 0.6 is 0 Å². The van der Waals surface area contributed by atoms with Gasteiger partial charge in [0.15, 0.2) is 6.61 Å². The summed E-state index contributed by atoms with van der Waals surface area (Å²) >= 11 is 0. The molecule has 2 aromatic rings. The van der Waals surface area contributed by atoms with Gasteiger partial charge in [-0.1, -0.05) is 0 Å². The van der Waals surface area contributed by atoms with Crippen molar-refractivity contribution in [2.24, 2.45) is 0 Å². The molecule has 0 aromatic heterocycles. The van der Waals surface area contributed by atoms with Crippen molar-refractivity contribution >= 4 is 17.5 Å². The summed E-state index contributed by atoms with van der Waals surface area (Å²) in [5.74, 6) is -1.68. The largest absolute Gasteiger partial charge is 0.483 e. The number of carbonyl (C=O) groups excluding carboxylic acids is 2. The van der Waals surface area contributed by atoms with Gasteiger partial charge >= 0.3 is 0 Å². The summed E-state index contributed by atoms with van der Waals surface area (Å²) in [5.41, 5.74) is 0.634. The van der Waals surface area contributed by atoms with Crippen LogP contribution in [0.15, 0.2) is 36.4 Å². The summed E-state index contributed by atoms with van der Waals surface area (Å²) in [7, 11) is 1.54. The summed E-state index contributed by atoms with van der Waals surface area (Å²) in [4.78, 5) is 26.1. The highest BCUT2D eigenvalue weighted by Crippen LogP contribution is 2.25. The average molecular weight is 376 g/mol. The molecule has 1 N–H and O–H groups in total. The molecule has 1 aliphatic rings. The van der Waals surface area contributed by atoms with Gasteiger partial charge in [-0.15, -0.1) is 0 Å². The van der Waals surface area contributed by atoms with E-state index in [9.17, 15) is 18.4 Å². The van der Waals surface area contributed by atoms with Gasteiger partial charge in [0.1, 0.15) is 17.4 Å². The molecule has 0 saturated heterocycles. The number of hydrogen-bond donors (Lipinski definition) is 1. The number of fused-ring (bicyclic) bond motifs is 1. The summed E-state index contributed by atoms with van der Waals surface area (Å²) in [6.45, 7) is 0.924. The van der Waals surface area contributed by atoms with Crippen molar-refractivity contribution in [3.05, 3.63) is 59.2 Å². The average Bonchev–Trinajstić information content (AvgIpc) is 2.81. The van der Waals surface area contributed by atoms with Crippen molar-refractivity contribution in [2.75, 3.05) is 32.2 Å². The van der Waals surface area contributed by atoms with E-state index >= 15 is 0 Å². The lowest BCUT2D eigenvalue weighted by Gasteiger charge is -2.19. The third-order valence-electron chi connectivity index (χ3n) is 4.13. The summed E-state index contributed by atoms with van der Waals surface area (Å²) in [5, 5.41) is 2.35. The zero-order valence-corrected chi connectivity index (χ0v) is 14.6. The lowest BCUT2D eigenvalue weighted by atomic mass is 10.1. The zero-order valence-electron chi connectivity index (χ0n) is 14.6. The van der Waals surface area contributed by atoms with Crippen LogP contribution in [0.4, 0.5) is 14.5 Å². The van der Waals surface area contributed by atoms with Crippen LogP contribution in [0, 0.1) is 11.6 Å². The van der Waals surface area contributed by atoms with Gasteiger partial charge in [0.25, 0.3) is 11.8 Å². The number of halogens is 2. The Bertz CT molecular complexity index is 873. The van der Waals surface area contributed by atoms with Crippen LogP contribution in [0.2, 0.25) is 0 Å². The van der Waals surface area contributed by atoms with Gasteiger partial charge < -0.3 is 19.7 Å². The molecule has 0 spiro atoms. The normalized spacial score (nSPS) is 13.6. The van der Waals surface area contributed by atoms with Crippen molar-refractivity contribution in [1.29, 1.82) is 0 Å². The van der Waals surface area contributed by atoms with Crippen molar-refractivity contribution in [1.82, 2.24) is 4.90 Å². The Morgan fingerprint density at radius 1 is 1.26 bits per heavy atom. The van der Waals surface area contributed by atoms with Crippen LogP contribution in [0.3, 0.4) is 0 Å². The van der Waals surface area contributed by atoms with E-state index < -0.39 is 17.5 Å². The second-order valence-corrected chi connectivity index (χ2v) is 6.00. The standard InChI is InChI=1S/C19H18F2N2O4/c1-26-7-6-23-10-13-8-12(2-5-17(13)27-11-18(23)24)19(25)22-16-9-14(20)3-4-15(16)21/h2-5,8-9H,6-7,10-11H2,1H3,(H,22,25). The van der Waals surface area contributed by atoms with Crippen LogP contribution in [0.1, 0.15) is 15.9 Å². The molecule has 0 saturated carbocycles. The molecule has 6 nitrogen and oxygen atoms in total. The van der Waals surface area contributed by atoms with E-state index in [0.29, 0.717) is 24.5 Å². The highest BCUT2D eigenvalue weighted by atomic mass is 19.1. The third kappa shape index (κ3) is 4.40. The van der Waals surface area contributed by atoms with Crippen LogP contribution in [-0.2, 0) is 16.1 Å². The monoisotopic (exact) mass is 376 g/mol. The Labute approximate surface area is 154 Å². The van der Waals surface area contributed by atoms with Crippen LogP contribution in [-0.4, -0.2) is 43.6 Å². The Morgan fingerprint density at radius 3 is 2.85 bits per heavy atom. The maximum atomic E-state index is 13.7. The molecule has 0 unspecified atom stereocenters. The predicted octanol–water partition coefficient (Wildman–Crippen LogP) is 2.58. The first-order chi connectivity index (χ1) is 13.0. The van der Waals surface area contributed by atoms with Crippen molar-refractivity contribution in [2.45, 2.75) is 6.54 Å². The van der Waals surface area contributed by atoms with Crippen LogP contribution in [0.5, 0.6) is 5.75 Å². The molecule has 0 fully saturated rings. The SMILES string of the molecule is COCCN1Cc2cc(C(=O)Nc3cc(F)ccc3F)ccc2OCC1=O. The minimum atomic E-state index is -0.737. The minimum Gasteiger partial charge on any atom is -0.483 e. The molecule has 3 rings (SSSR count). The molecule has 8 heteroatoms. The molecule has 27 heavy (non-hydrogen) atoms. The lowest BCUT2D eigenvalue weighted by molar-refractivity contribution is -0.133. The van der Waals surface area contributed by atoms with E-state index in [-0.39, 0.29) is 30.3 Å². The van der Waals surface area contributed by atoms with Gasteiger partial charge in [-0.3, -0.25) is 9.59 Å². The first-order valence-corrected chi connectivity index (χ1v) is 8.27. The molecule has 0 aliphatic carbocycles. The maximum absolute atomic E-state index is 13.7. The third-order valence-corrected chi connectivity index (χ3v) is 4.13. The minimum absolute atomic E-state index is 0.100. The smallest absolute Gasteiger partial charge is 0.260 e. The fourth-order valence-corrected chi connectivity index (χ4v) is 2.70. The molecule has 0 radical (unpaired) electrons. The zero-order chi connectivity index (χ0) is 19.4. The van der Waals surface area contributed by atoms with Gasteiger partial charge in [0, 0.05) is 37.4 Å². The molecule has 2 amide bonds. The van der Waals surface area contributed by atoms with Crippen molar-refractivity contribution in [3.63, 3.8) is 0 Å². The van der Waals surface area contributed by atoms with Crippen molar-refractivity contribution in [3.8, 4) is 5.75 Å². The molecule has 0 atom stereocenters. The van der Waals surface area contributed by atoms with Crippen LogP contribution in [0.25, 0.3) is 0 Å². The number of anilines is 1. The number of hydrogen-bond acceptors (Lipinski definition) is 4. The highest BCUT2D eigenvalue weighted by Gasteiger charge is 2.22. The van der Waals surface area contributed by atoms with Gasteiger partial charge in [-0.2, -0.15) is 0 Å². The van der Waals surface area contributed by atoms with Gasteiger partial charge in [0.05, 0.1) is 12.3 Å². The van der Waals surface area contributed by atoms with Gasteiger partial charge in [0.2, 0.25) is 0 Å². The quantitative estimate of drug-likeness (QED) is 0.871. The summed E-state index contributed by atoms with van der Waals surface area (Å²) < 4.78 is 37.5. The molecular formula is C19H18F2N2O4. The number of carbonyl (C=O) groups is 2. The molecule has 2 aromatic carbocycles. The first-order valence-electron chi connectivity index (χ1n) is 8.27. The van der Waals surface area contributed by atoms with Gasteiger partial charge in [-0.25, -0.2) is 8.78 Å². The number of ether oxygens (including phenoxy) is 2. The number of benzene rings is 2. The number of rotatable bonds is 5. The van der Waals surface area contributed by atoms with E-state index in [4.69, 9.17) is 9.47 Å². The molecule has 1 aliphatic heterocycles. The maximum Gasteiger partial charge on any atom is 0.260 e. The number of methoxy groups -OCH3 is 1. The predicted molar refractivity (Wildman–Crippen MR) is 93.5 cm³/mol. The van der Waals surface area contributed by atoms with E-state index in [0.717, 1.165) is 18.2 Å².